The molecule has 7 heteroatoms. The molecule has 144 valence electrons. The van der Waals surface area contributed by atoms with E-state index in [0.29, 0.717) is 33.5 Å². The van der Waals surface area contributed by atoms with E-state index in [-0.39, 0.29) is 17.1 Å². The summed E-state index contributed by atoms with van der Waals surface area (Å²) in [7, 11) is 1.58. The molecule has 5 nitrogen and oxygen atoms in total. The van der Waals surface area contributed by atoms with E-state index < -0.39 is 0 Å². The van der Waals surface area contributed by atoms with Crippen LogP contribution in [0.1, 0.15) is 22.8 Å². The number of nitrogens with one attached hydrogen (secondary N) is 1. The largest absolute Gasteiger partial charge is 0.497 e. The van der Waals surface area contributed by atoms with Crippen molar-refractivity contribution in [1.29, 1.82) is 0 Å². The second-order valence-corrected chi connectivity index (χ2v) is 7.89. The highest BCUT2D eigenvalue weighted by molar-refractivity contribution is 8.00. The molecule has 28 heavy (non-hydrogen) atoms. The molecular weight excluding hydrogens is 392 g/mol. The highest BCUT2D eigenvalue weighted by Gasteiger charge is 2.14. The quantitative estimate of drug-likeness (QED) is 0.255. The van der Waals surface area contributed by atoms with Crippen molar-refractivity contribution in [2.75, 3.05) is 12.9 Å². The lowest BCUT2D eigenvalue weighted by molar-refractivity contribution is 0.102. The summed E-state index contributed by atoms with van der Waals surface area (Å²) in [6, 6.07) is 16.8. The van der Waals surface area contributed by atoms with Gasteiger partial charge in [0, 0.05) is 16.0 Å². The Labute approximate surface area is 171 Å². The van der Waals surface area contributed by atoms with Crippen molar-refractivity contribution in [2.45, 2.75) is 28.4 Å². The SMILES string of the molecule is CCc1c(Sc2ccccc2)nc(SCC(=O)c2ccc(OC)cc2)[nH]c1=O. The van der Waals surface area contributed by atoms with Crippen molar-refractivity contribution in [3.05, 3.63) is 76.1 Å². The number of rotatable bonds is 8. The minimum absolute atomic E-state index is 0.0351. The van der Waals surface area contributed by atoms with Crippen LogP contribution in [0.15, 0.2) is 74.5 Å². The number of hydrogen-bond acceptors (Lipinski definition) is 6. The Bertz CT molecular complexity index is 1000. The lowest BCUT2D eigenvalue weighted by Gasteiger charge is -2.08. The van der Waals surface area contributed by atoms with Crippen LogP contribution in [0, 0.1) is 0 Å². The number of hydrogen-bond donors (Lipinski definition) is 1. The van der Waals surface area contributed by atoms with Crippen molar-refractivity contribution in [3.8, 4) is 5.75 Å². The van der Waals surface area contributed by atoms with Gasteiger partial charge in [-0.1, -0.05) is 48.6 Å². The van der Waals surface area contributed by atoms with Crippen LogP contribution in [0.5, 0.6) is 5.75 Å². The highest BCUT2D eigenvalue weighted by Crippen LogP contribution is 2.29. The third kappa shape index (κ3) is 5.05. The zero-order chi connectivity index (χ0) is 19.9. The maximum absolute atomic E-state index is 12.4. The number of carbonyl (C=O) groups excluding carboxylic acids is 1. The smallest absolute Gasteiger partial charge is 0.255 e. The lowest BCUT2D eigenvalue weighted by Crippen LogP contribution is -2.16. The van der Waals surface area contributed by atoms with Gasteiger partial charge in [-0.05, 0) is 42.8 Å². The summed E-state index contributed by atoms with van der Waals surface area (Å²) in [6.07, 6.45) is 0.591. The Kier molecular flexibility index (Phi) is 6.95. The van der Waals surface area contributed by atoms with Crippen LogP contribution in [-0.4, -0.2) is 28.6 Å². The van der Waals surface area contributed by atoms with E-state index in [1.165, 1.54) is 23.5 Å². The van der Waals surface area contributed by atoms with Gasteiger partial charge in [-0.3, -0.25) is 9.59 Å². The van der Waals surface area contributed by atoms with Gasteiger partial charge < -0.3 is 9.72 Å². The summed E-state index contributed by atoms with van der Waals surface area (Å²) in [6.45, 7) is 1.93. The van der Waals surface area contributed by atoms with Crippen molar-refractivity contribution in [2.24, 2.45) is 0 Å². The molecule has 0 bridgehead atoms. The van der Waals surface area contributed by atoms with Gasteiger partial charge in [-0.15, -0.1) is 0 Å². The Morgan fingerprint density at radius 1 is 1.11 bits per heavy atom. The first-order valence-electron chi connectivity index (χ1n) is 8.77. The number of benzene rings is 2. The maximum atomic E-state index is 12.4. The topological polar surface area (TPSA) is 72.0 Å². The number of thioether (sulfide) groups is 1. The third-order valence-electron chi connectivity index (χ3n) is 4.02. The fourth-order valence-corrected chi connectivity index (χ4v) is 4.34. The molecule has 0 radical (unpaired) electrons. The molecule has 0 saturated carbocycles. The second kappa shape index (κ2) is 9.61. The molecule has 0 amide bonds. The van der Waals surface area contributed by atoms with Gasteiger partial charge >= 0.3 is 0 Å². The van der Waals surface area contributed by atoms with Gasteiger partial charge in [0.05, 0.1) is 12.9 Å². The standard InChI is InChI=1S/C21H20N2O3S2/c1-3-17-19(25)22-21(23-20(17)28-16-7-5-4-6-8-16)27-13-18(24)14-9-11-15(26-2)12-10-14/h4-12H,3,13H2,1-2H3,(H,22,23,25). The zero-order valence-electron chi connectivity index (χ0n) is 15.6. The zero-order valence-corrected chi connectivity index (χ0v) is 17.2. The Morgan fingerprint density at radius 3 is 2.46 bits per heavy atom. The van der Waals surface area contributed by atoms with Crippen molar-refractivity contribution >= 4 is 29.3 Å². The number of ketones is 1. The average molecular weight is 413 g/mol. The molecule has 0 aliphatic carbocycles. The minimum Gasteiger partial charge on any atom is -0.497 e. The van der Waals surface area contributed by atoms with Gasteiger partial charge in [0.25, 0.3) is 5.56 Å². The molecule has 0 atom stereocenters. The van der Waals surface area contributed by atoms with Gasteiger partial charge in [-0.2, -0.15) is 0 Å². The summed E-state index contributed by atoms with van der Waals surface area (Å²) in [5.74, 6) is 0.857. The fourth-order valence-electron chi connectivity index (χ4n) is 2.52. The van der Waals surface area contributed by atoms with E-state index in [0.717, 1.165) is 4.90 Å². The Hall–Kier alpha value is -2.51. The lowest BCUT2D eigenvalue weighted by atomic mass is 10.1. The molecule has 1 heterocycles. The maximum Gasteiger partial charge on any atom is 0.255 e. The number of carbonyl (C=O) groups is 1. The van der Waals surface area contributed by atoms with Crippen LogP contribution in [0.4, 0.5) is 0 Å². The van der Waals surface area contributed by atoms with Crippen LogP contribution < -0.4 is 10.3 Å². The van der Waals surface area contributed by atoms with Crippen LogP contribution >= 0.6 is 23.5 Å². The van der Waals surface area contributed by atoms with E-state index in [4.69, 9.17) is 4.74 Å². The summed E-state index contributed by atoms with van der Waals surface area (Å²) >= 11 is 2.69. The van der Waals surface area contributed by atoms with Gasteiger partial charge in [0.15, 0.2) is 10.9 Å². The molecule has 0 aliphatic heterocycles. The van der Waals surface area contributed by atoms with Crippen LogP contribution in [0.2, 0.25) is 0 Å². The normalized spacial score (nSPS) is 10.6. The Morgan fingerprint density at radius 2 is 1.82 bits per heavy atom. The monoisotopic (exact) mass is 412 g/mol. The minimum atomic E-state index is -0.157. The molecular formula is C21H20N2O3S2. The molecule has 1 aromatic heterocycles. The van der Waals surface area contributed by atoms with Gasteiger partial charge in [0.2, 0.25) is 0 Å². The molecule has 3 aromatic rings. The van der Waals surface area contributed by atoms with E-state index in [2.05, 4.69) is 9.97 Å². The first-order chi connectivity index (χ1) is 13.6. The highest BCUT2D eigenvalue weighted by atomic mass is 32.2. The van der Waals surface area contributed by atoms with Crippen LogP contribution in [0.25, 0.3) is 0 Å². The van der Waals surface area contributed by atoms with Gasteiger partial charge in [-0.25, -0.2) is 4.98 Å². The van der Waals surface area contributed by atoms with Crippen molar-refractivity contribution < 1.29 is 9.53 Å². The van der Waals surface area contributed by atoms with Gasteiger partial charge in [0.1, 0.15) is 10.8 Å². The van der Waals surface area contributed by atoms with E-state index in [9.17, 15) is 9.59 Å². The number of aromatic amines is 1. The number of ether oxygens (including phenoxy) is 1. The number of Topliss-reactive ketones (excluding diaryl/α,β-unsaturated/α-hetero) is 1. The predicted octanol–water partition coefficient (Wildman–Crippen LogP) is 4.47. The fraction of sp³-hybridized carbons (Fsp3) is 0.190. The second-order valence-electron chi connectivity index (χ2n) is 5.86. The molecule has 1 N–H and O–H groups in total. The summed E-state index contributed by atoms with van der Waals surface area (Å²) < 4.78 is 5.11. The number of aromatic nitrogens is 2. The first kappa shape index (κ1) is 20.2. The molecule has 0 spiro atoms. The first-order valence-corrected chi connectivity index (χ1v) is 10.6. The Balaban J connectivity index is 1.76. The van der Waals surface area contributed by atoms with E-state index in [1.807, 2.05) is 37.3 Å². The molecule has 0 fully saturated rings. The van der Waals surface area contributed by atoms with Crippen molar-refractivity contribution in [3.63, 3.8) is 0 Å². The summed E-state index contributed by atoms with van der Waals surface area (Å²) in [5.41, 5.74) is 1.09. The van der Waals surface area contributed by atoms with Crippen LogP contribution in [0.3, 0.4) is 0 Å². The predicted molar refractivity (Wildman–Crippen MR) is 113 cm³/mol. The molecule has 3 rings (SSSR count). The van der Waals surface area contributed by atoms with E-state index in [1.54, 1.807) is 31.4 Å². The number of methoxy groups -OCH3 is 1. The van der Waals surface area contributed by atoms with E-state index >= 15 is 0 Å². The number of H-pyrrole nitrogens is 1. The molecule has 2 aromatic carbocycles. The molecule has 0 aliphatic rings. The van der Waals surface area contributed by atoms with Crippen molar-refractivity contribution in [1.82, 2.24) is 9.97 Å². The molecule has 0 unspecified atom stereocenters. The number of nitrogens with zero attached hydrogens (tertiary/aromatic N) is 1. The average Bonchev–Trinajstić information content (AvgIpc) is 2.73. The van der Waals surface area contributed by atoms with Crippen LogP contribution in [-0.2, 0) is 6.42 Å². The summed E-state index contributed by atoms with van der Waals surface area (Å²) in [5, 5.41) is 1.12. The molecule has 0 saturated heterocycles. The summed E-state index contributed by atoms with van der Waals surface area (Å²) in [4.78, 5) is 33.3. The third-order valence-corrected chi connectivity index (χ3v) is 5.93.